The van der Waals surface area contributed by atoms with E-state index in [2.05, 4.69) is 5.73 Å². The van der Waals surface area contributed by atoms with Crippen LogP contribution in [0.3, 0.4) is 0 Å². The zero-order valence-corrected chi connectivity index (χ0v) is 5.84. The van der Waals surface area contributed by atoms with E-state index in [0.29, 0.717) is 0 Å². The van der Waals surface area contributed by atoms with Crippen molar-refractivity contribution in [2.75, 3.05) is 6.54 Å². The third-order valence-corrected chi connectivity index (χ3v) is 0.457. The van der Waals surface area contributed by atoms with Gasteiger partial charge in [-0.2, -0.15) is 0 Å². The minimum atomic E-state index is -2.68. The van der Waals surface area contributed by atoms with E-state index in [0.717, 1.165) is 0 Å². The van der Waals surface area contributed by atoms with Crippen molar-refractivity contribution in [1.29, 1.82) is 0 Å². The molecule has 0 atom stereocenters. The Kier molecular flexibility index (Phi) is 6.06. The molecular formula is C4H9NO7. The number of aliphatic carboxylic acids is 2. The van der Waals surface area contributed by atoms with Crippen molar-refractivity contribution in [1.82, 2.24) is 0 Å². The summed E-state index contributed by atoms with van der Waals surface area (Å²) in [6.07, 6.45) is 0. The van der Waals surface area contributed by atoms with E-state index >= 15 is 0 Å². The molecule has 8 nitrogen and oxygen atoms in total. The van der Waals surface area contributed by atoms with Gasteiger partial charge in [0, 0.05) is 0 Å². The number of aliphatic hydroxyl groups is 3. The summed E-state index contributed by atoms with van der Waals surface area (Å²) in [7, 11) is 0. The normalized spacial score (nSPS) is 9.67. The van der Waals surface area contributed by atoms with Crippen molar-refractivity contribution >= 4 is 11.9 Å². The van der Waals surface area contributed by atoms with Crippen molar-refractivity contribution < 1.29 is 35.1 Å². The molecule has 0 aromatic heterocycles. The Morgan fingerprint density at radius 3 is 1.25 bits per heavy atom. The van der Waals surface area contributed by atoms with Crippen molar-refractivity contribution in [3.05, 3.63) is 0 Å². The zero-order chi connectivity index (χ0) is 10.4. The van der Waals surface area contributed by atoms with Crippen LogP contribution in [0.25, 0.3) is 0 Å². The maximum absolute atomic E-state index is 9.10. The molecular weight excluding hydrogens is 174 g/mol. The molecule has 0 bridgehead atoms. The van der Waals surface area contributed by atoms with Gasteiger partial charge in [-0.3, -0.25) is 0 Å². The first-order valence-corrected chi connectivity index (χ1v) is 2.54. The largest absolute Gasteiger partial charge is 0.473 e. The van der Waals surface area contributed by atoms with E-state index in [9.17, 15) is 0 Å². The van der Waals surface area contributed by atoms with Gasteiger partial charge in [0.25, 0.3) is 5.97 Å². The number of nitrogens with two attached hydrogens (primary N) is 1. The Morgan fingerprint density at radius 2 is 1.25 bits per heavy atom. The highest BCUT2D eigenvalue weighted by Crippen LogP contribution is 1.82. The van der Waals surface area contributed by atoms with Gasteiger partial charge in [0.15, 0.2) is 0 Å². The van der Waals surface area contributed by atoms with Gasteiger partial charge in [0.05, 0.1) is 6.54 Å². The molecule has 7 N–H and O–H groups in total. The van der Waals surface area contributed by atoms with Crippen LogP contribution in [0.1, 0.15) is 0 Å². The van der Waals surface area contributed by atoms with Crippen LogP contribution < -0.4 is 5.73 Å². The lowest BCUT2D eigenvalue weighted by Gasteiger charge is -2.07. The Morgan fingerprint density at radius 1 is 1.08 bits per heavy atom. The molecule has 0 fully saturated rings. The quantitative estimate of drug-likeness (QED) is 0.182. The standard InChI is InChI=1S/C2H7NO3.C2H2O4/c3-1-2(4,5)6;3-1(4)2(5)6/h4-6H,1,3H2;(H,3,4)(H,5,6). The van der Waals surface area contributed by atoms with Crippen LogP contribution in [0.4, 0.5) is 0 Å². The summed E-state index contributed by atoms with van der Waals surface area (Å²) >= 11 is 0. The third kappa shape index (κ3) is 15.9. The van der Waals surface area contributed by atoms with Crippen molar-refractivity contribution in [3.63, 3.8) is 0 Å². The number of carbonyl (C=O) groups is 2. The third-order valence-electron chi connectivity index (χ3n) is 0.457. The van der Waals surface area contributed by atoms with Gasteiger partial charge >= 0.3 is 11.9 Å². The Balaban J connectivity index is 0. The van der Waals surface area contributed by atoms with E-state index in [1.54, 1.807) is 0 Å². The van der Waals surface area contributed by atoms with Crippen molar-refractivity contribution in [2.45, 2.75) is 5.97 Å². The molecule has 0 saturated carbocycles. The molecule has 0 aliphatic carbocycles. The number of hydrogen-bond donors (Lipinski definition) is 6. The molecule has 12 heavy (non-hydrogen) atoms. The van der Waals surface area contributed by atoms with Gasteiger partial charge in [0.1, 0.15) is 0 Å². The Bertz CT molecular complexity index is 147. The first-order valence-electron chi connectivity index (χ1n) is 2.54. The summed E-state index contributed by atoms with van der Waals surface area (Å²) in [4.78, 5) is 18.2. The molecule has 0 radical (unpaired) electrons. The lowest BCUT2D eigenvalue weighted by atomic mass is 10.6. The molecule has 0 aromatic carbocycles. The fourth-order valence-electron chi connectivity index (χ4n) is 0. The second-order valence-corrected chi connectivity index (χ2v) is 1.59. The molecule has 0 rings (SSSR count). The molecule has 0 heterocycles. The summed E-state index contributed by atoms with van der Waals surface area (Å²) in [5.41, 5.74) is 4.56. The van der Waals surface area contributed by atoms with Gasteiger partial charge in [-0.05, 0) is 0 Å². The number of carboxylic acid groups (broad SMARTS) is 2. The molecule has 0 spiro atoms. The maximum atomic E-state index is 9.10. The summed E-state index contributed by atoms with van der Waals surface area (Å²) in [6.45, 7) is -0.562. The van der Waals surface area contributed by atoms with E-state index in [4.69, 9.17) is 35.1 Å². The summed E-state index contributed by atoms with van der Waals surface area (Å²) in [5.74, 6) is -6.33. The van der Waals surface area contributed by atoms with Crippen LogP contribution in [-0.2, 0) is 9.59 Å². The molecule has 0 aliphatic rings. The first kappa shape index (κ1) is 13.4. The predicted octanol–water partition coefficient (Wildman–Crippen LogP) is -3.27. The SMILES string of the molecule is NCC(O)(O)O.O=C(O)C(=O)O. The molecule has 72 valence electrons. The van der Waals surface area contributed by atoms with Crippen molar-refractivity contribution in [3.8, 4) is 0 Å². The fraction of sp³-hybridized carbons (Fsp3) is 0.500. The van der Waals surface area contributed by atoms with Gasteiger partial charge in [-0.25, -0.2) is 9.59 Å². The molecule has 0 aromatic rings. The van der Waals surface area contributed by atoms with Crippen LogP contribution in [0.2, 0.25) is 0 Å². The van der Waals surface area contributed by atoms with Gasteiger partial charge in [-0.1, -0.05) is 0 Å². The van der Waals surface area contributed by atoms with Crippen molar-refractivity contribution in [2.24, 2.45) is 5.73 Å². The fourth-order valence-corrected chi connectivity index (χ4v) is 0. The monoisotopic (exact) mass is 183 g/mol. The molecule has 0 unspecified atom stereocenters. The summed E-state index contributed by atoms with van der Waals surface area (Å²) < 4.78 is 0. The lowest BCUT2D eigenvalue weighted by molar-refractivity contribution is -0.302. The highest BCUT2D eigenvalue weighted by molar-refractivity contribution is 6.27. The van der Waals surface area contributed by atoms with Gasteiger partial charge < -0.3 is 31.3 Å². The zero-order valence-electron chi connectivity index (χ0n) is 5.84. The molecule has 0 saturated heterocycles. The van der Waals surface area contributed by atoms with E-state index in [1.807, 2.05) is 0 Å². The highest BCUT2D eigenvalue weighted by Gasteiger charge is 2.12. The minimum absolute atomic E-state index is 0.562. The minimum Gasteiger partial charge on any atom is -0.473 e. The van der Waals surface area contributed by atoms with Crippen LogP contribution >= 0.6 is 0 Å². The van der Waals surface area contributed by atoms with E-state index in [1.165, 1.54) is 0 Å². The second-order valence-electron chi connectivity index (χ2n) is 1.59. The topological polar surface area (TPSA) is 161 Å². The lowest BCUT2D eigenvalue weighted by Crippen LogP contribution is -2.36. The Labute approximate surface area is 66.5 Å². The smallest absolute Gasteiger partial charge is 0.414 e. The number of rotatable bonds is 1. The van der Waals surface area contributed by atoms with E-state index in [-0.39, 0.29) is 0 Å². The average Bonchev–Trinajstić information content (AvgIpc) is 1.87. The van der Waals surface area contributed by atoms with Crippen LogP contribution in [0.5, 0.6) is 0 Å². The molecule has 0 amide bonds. The first-order chi connectivity index (χ1) is 5.20. The number of hydrogen-bond acceptors (Lipinski definition) is 6. The Hall–Kier alpha value is -1.22. The van der Waals surface area contributed by atoms with Crippen LogP contribution in [-0.4, -0.2) is 50.0 Å². The average molecular weight is 183 g/mol. The van der Waals surface area contributed by atoms with Crippen LogP contribution in [0.15, 0.2) is 0 Å². The summed E-state index contributed by atoms with van der Waals surface area (Å²) in [6, 6.07) is 0. The van der Waals surface area contributed by atoms with E-state index < -0.39 is 24.5 Å². The highest BCUT2D eigenvalue weighted by atomic mass is 16.7. The second kappa shape index (κ2) is 5.43. The molecule has 8 heteroatoms. The summed E-state index contributed by atoms with van der Waals surface area (Å²) in [5, 5.41) is 38.2. The molecule has 0 aliphatic heterocycles. The number of carboxylic acids is 2. The van der Waals surface area contributed by atoms with Gasteiger partial charge in [-0.15, -0.1) is 0 Å². The predicted molar refractivity (Wildman–Crippen MR) is 33.7 cm³/mol. The van der Waals surface area contributed by atoms with Gasteiger partial charge in [0.2, 0.25) is 0 Å². The maximum Gasteiger partial charge on any atom is 0.414 e. The van der Waals surface area contributed by atoms with Crippen LogP contribution in [0, 0.1) is 0 Å².